The van der Waals surface area contributed by atoms with E-state index in [1.807, 2.05) is 12.1 Å². The van der Waals surface area contributed by atoms with Gasteiger partial charge in [-0.2, -0.15) is 9.57 Å². The van der Waals surface area contributed by atoms with E-state index in [1.54, 1.807) is 36.7 Å². The molecule has 8 heteroatoms. The van der Waals surface area contributed by atoms with Crippen molar-refractivity contribution in [3.05, 3.63) is 60.4 Å². The third kappa shape index (κ3) is 5.12. The van der Waals surface area contributed by atoms with Crippen LogP contribution in [0, 0.1) is 11.3 Å². The molecule has 0 saturated carbocycles. The first-order valence-corrected chi connectivity index (χ1v) is 9.44. The molecule has 0 fully saturated rings. The molecule has 0 N–H and O–H groups in total. The maximum atomic E-state index is 12.6. The summed E-state index contributed by atoms with van der Waals surface area (Å²) in [6.07, 6.45) is 3.43. The van der Waals surface area contributed by atoms with Crippen molar-refractivity contribution in [2.45, 2.75) is 17.9 Å². The van der Waals surface area contributed by atoms with Crippen molar-refractivity contribution in [2.75, 3.05) is 20.1 Å². The molecule has 1 amide bonds. The van der Waals surface area contributed by atoms with E-state index in [1.165, 1.54) is 24.1 Å². The average molecular weight is 372 g/mol. The topological polar surface area (TPSA) is 94.4 Å². The van der Waals surface area contributed by atoms with Crippen LogP contribution in [0.25, 0.3) is 0 Å². The second kappa shape index (κ2) is 9.08. The molecule has 0 bridgehead atoms. The van der Waals surface area contributed by atoms with Gasteiger partial charge in [-0.3, -0.25) is 9.78 Å². The molecule has 2 rings (SSSR count). The number of pyridine rings is 1. The molecule has 136 valence electrons. The van der Waals surface area contributed by atoms with Gasteiger partial charge < -0.3 is 4.90 Å². The Morgan fingerprint density at radius 2 is 1.92 bits per heavy atom. The summed E-state index contributed by atoms with van der Waals surface area (Å²) in [6.45, 7) is 0.194. The summed E-state index contributed by atoms with van der Waals surface area (Å²) in [5.41, 5.74) is 0.812. The number of benzene rings is 1. The van der Waals surface area contributed by atoms with Crippen molar-refractivity contribution in [3.8, 4) is 6.07 Å². The van der Waals surface area contributed by atoms with E-state index in [4.69, 9.17) is 5.26 Å². The summed E-state index contributed by atoms with van der Waals surface area (Å²) in [5, 5.41) is 8.82. The number of carbonyl (C=O) groups is 1. The summed E-state index contributed by atoms with van der Waals surface area (Å²) < 4.78 is 26.1. The van der Waals surface area contributed by atoms with Crippen LogP contribution in [-0.4, -0.2) is 48.7 Å². The Kier molecular flexibility index (Phi) is 6.83. The molecule has 0 aliphatic rings. The maximum absolute atomic E-state index is 12.6. The van der Waals surface area contributed by atoms with Crippen LogP contribution in [-0.2, 0) is 21.4 Å². The summed E-state index contributed by atoms with van der Waals surface area (Å²) in [6, 6.07) is 13.5. The smallest absolute Gasteiger partial charge is 0.243 e. The molecular weight excluding hydrogens is 352 g/mol. The molecule has 1 aromatic carbocycles. The summed E-state index contributed by atoms with van der Waals surface area (Å²) in [4.78, 5) is 18.2. The Morgan fingerprint density at radius 3 is 2.54 bits per heavy atom. The fourth-order valence-electron chi connectivity index (χ4n) is 2.34. The Morgan fingerprint density at radius 1 is 1.19 bits per heavy atom. The molecule has 1 aromatic heterocycles. The maximum Gasteiger partial charge on any atom is 0.243 e. The zero-order valence-corrected chi connectivity index (χ0v) is 15.3. The quantitative estimate of drug-likeness (QED) is 0.702. The highest BCUT2D eigenvalue weighted by atomic mass is 32.2. The minimum Gasteiger partial charge on any atom is -0.336 e. The van der Waals surface area contributed by atoms with Gasteiger partial charge in [-0.25, -0.2) is 8.42 Å². The molecular formula is C18H20N4O3S. The number of aromatic nitrogens is 1. The lowest BCUT2D eigenvalue weighted by Gasteiger charge is -2.24. The number of amides is 1. The largest absolute Gasteiger partial charge is 0.336 e. The lowest BCUT2D eigenvalue weighted by Crippen LogP contribution is -2.41. The van der Waals surface area contributed by atoms with Gasteiger partial charge in [-0.1, -0.05) is 24.3 Å². The molecule has 0 atom stereocenters. The zero-order chi connectivity index (χ0) is 19.0. The summed E-state index contributed by atoms with van der Waals surface area (Å²) >= 11 is 0. The van der Waals surface area contributed by atoms with Crippen molar-refractivity contribution < 1.29 is 13.2 Å². The first-order valence-electron chi connectivity index (χ1n) is 8.00. The third-order valence-electron chi connectivity index (χ3n) is 3.75. The predicted octanol–water partition coefficient (Wildman–Crippen LogP) is 1.64. The van der Waals surface area contributed by atoms with E-state index >= 15 is 0 Å². The minimum absolute atomic E-state index is 0.131. The number of nitriles is 1. The molecule has 1 heterocycles. The van der Waals surface area contributed by atoms with Crippen LogP contribution >= 0.6 is 0 Å². The van der Waals surface area contributed by atoms with Gasteiger partial charge in [0.1, 0.15) is 0 Å². The highest BCUT2D eigenvalue weighted by Gasteiger charge is 2.25. The van der Waals surface area contributed by atoms with E-state index in [0.29, 0.717) is 0 Å². The minimum atomic E-state index is -3.75. The molecule has 7 nitrogen and oxygen atoms in total. The van der Waals surface area contributed by atoms with Crippen LogP contribution in [0.4, 0.5) is 0 Å². The second-order valence-electron chi connectivity index (χ2n) is 5.66. The lowest BCUT2D eigenvalue weighted by molar-refractivity contribution is -0.131. The van der Waals surface area contributed by atoms with Gasteiger partial charge in [0.25, 0.3) is 0 Å². The standard InChI is InChI=1S/C18H20N4O3S/c1-21(26(24,25)17-8-3-2-4-9-17)15-18(23)22(12-6-10-19)14-16-7-5-11-20-13-16/h2-5,7-9,11,13H,6,12,14-15H2,1H3. The van der Waals surface area contributed by atoms with Crippen molar-refractivity contribution >= 4 is 15.9 Å². The third-order valence-corrected chi connectivity index (χ3v) is 5.57. The number of nitrogens with zero attached hydrogens (tertiary/aromatic N) is 4. The van der Waals surface area contributed by atoms with Crippen LogP contribution < -0.4 is 0 Å². The molecule has 26 heavy (non-hydrogen) atoms. The van der Waals surface area contributed by atoms with Gasteiger partial charge in [-0.15, -0.1) is 0 Å². The van der Waals surface area contributed by atoms with Gasteiger partial charge >= 0.3 is 0 Å². The highest BCUT2D eigenvalue weighted by Crippen LogP contribution is 2.14. The number of carbonyl (C=O) groups excluding carboxylic acids is 1. The van der Waals surface area contributed by atoms with E-state index in [0.717, 1.165) is 9.87 Å². The first kappa shape index (κ1) is 19.6. The van der Waals surface area contributed by atoms with E-state index in [-0.39, 0.29) is 36.9 Å². The monoisotopic (exact) mass is 372 g/mol. The lowest BCUT2D eigenvalue weighted by atomic mass is 10.2. The first-order chi connectivity index (χ1) is 12.4. The highest BCUT2D eigenvalue weighted by molar-refractivity contribution is 7.89. The number of sulfonamides is 1. The fourth-order valence-corrected chi connectivity index (χ4v) is 3.48. The molecule has 0 spiro atoms. The van der Waals surface area contributed by atoms with Gasteiger partial charge in [0.2, 0.25) is 15.9 Å². The van der Waals surface area contributed by atoms with Crippen molar-refractivity contribution in [3.63, 3.8) is 0 Å². The zero-order valence-electron chi connectivity index (χ0n) is 14.4. The number of hydrogen-bond acceptors (Lipinski definition) is 5. The molecule has 0 saturated heterocycles. The van der Waals surface area contributed by atoms with Gasteiger partial charge in [-0.05, 0) is 23.8 Å². The van der Waals surface area contributed by atoms with Crippen LogP contribution in [0.3, 0.4) is 0 Å². The average Bonchev–Trinajstić information content (AvgIpc) is 2.66. The van der Waals surface area contributed by atoms with Crippen molar-refractivity contribution in [1.29, 1.82) is 5.26 Å². The van der Waals surface area contributed by atoms with Crippen LogP contribution in [0.5, 0.6) is 0 Å². The van der Waals surface area contributed by atoms with Gasteiger partial charge in [0, 0.05) is 32.5 Å². The normalized spacial score (nSPS) is 11.1. The molecule has 0 radical (unpaired) electrons. The Hall–Kier alpha value is -2.76. The molecule has 0 aliphatic heterocycles. The predicted molar refractivity (Wildman–Crippen MR) is 96.1 cm³/mol. The van der Waals surface area contributed by atoms with Crippen molar-refractivity contribution in [1.82, 2.24) is 14.2 Å². The summed E-state index contributed by atoms with van der Waals surface area (Å²) in [5.74, 6) is -0.369. The van der Waals surface area contributed by atoms with E-state index < -0.39 is 10.0 Å². The number of likely N-dealkylation sites (N-methyl/N-ethyl adjacent to an activating group) is 1. The SMILES string of the molecule is CN(CC(=O)N(CCC#N)Cc1cccnc1)S(=O)(=O)c1ccccc1. The number of rotatable bonds is 8. The van der Waals surface area contributed by atoms with Gasteiger partial charge in [0.05, 0.1) is 23.9 Å². The van der Waals surface area contributed by atoms with Crippen LogP contribution in [0.2, 0.25) is 0 Å². The van der Waals surface area contributed by atoms with Crippen LogP contribution in [0.15, 0.2) is 59.8 Å². The molecule has 2 aromatic rings. The Balaban J connectivity index is 2.11. The molecule has 0 unspecified atom stereocenters. The Labute approximate surface area is 153 Å². The fraction of sp³-hybridized carbons (Fsp3) is 0.278. The molecule has 0 aliphatic carbocycles. The Bertz CT molecular complexity index is 864. The van der Waals surface area contributed by atoms with E-state index in [9.17, 15) is 13.2 Å². The van der Waals surface area contributed by atoms with E-state index in [2.05, 4.69) is 4.98 Å². The van der Waals surface area contributed by atoms with Crippen molar-refractivity contribution in [2.24, 2.45) is 0 Å². The second-order valence-corrected chi connectivity index (χ2v) is 7.70. The number of hydrogen-bond donors (Lipinski definition) is 0. The van der Waals surface area contributed by atoms with Gasteiger partial charge in [0.15, 0.2) is 0 Å². The van der Waals surface area contributed by atoms with Crippen LogP contribution in [0.1, 0.15) is 12.0 Å². The summed E-state index contributed by atoms with van der Waals surface area (Å²) in [7, 11) is -2.38.